The Bertz CT molecular complexity index is 383. The molecule has 17 heavy (non-hydrogen) atoms. The molecule has 0 saturated carbocycles. The van der Waals surface area contributed by atoms with Gasteiger partial charge in [-0.3, -0.25) is 8.42 Å². The van der Waals surface area contributed by atoms with E-state index in [1.807, 2.05) is 29.6 Å². The third-order valence-electron chi connectivity index (χ3n) is 1.49. The molecule has 9 heteroatoms. The topological polar surface area (TPSA) is 176 Å². The molecule has 0 fully saturated rings. The van der Waals surface area contributed by atoms with Gasteiger partial charge in [-0.05, 0) is 0 Å². The van der Waals surface area contributed by atoms with Gasteiger partial charge in [0, 0.05) is 34.7 Å². The molecule has 0 atom stereocenters. The highest BCUT2D eigenvalue weighted by molar-refractivity contribution is 7.79. The zero-order valence-electron chi connectivity index (χ0n) is 9.00. The first-order chi connectivity index (χ1) is 7.33. The molecule has 0 bridgehead atoms. The monoisotopic (exact) mass is 268 g/mol. The van der Waals surface area contributed by atoms with Crippen LogP contribution in [0.3, 0.4) is 0 Å². The van der Waals surface area contributed by atoms with E-state index in [9.17, 15) is 0 Å². The second-order valence-corrected chi connectivity index (χ2v) is 3.68. The Kier molecular flexibility index (Phi) is 9.70. The van der Waals surface area contributed by atoms with Crippen molar-refractivity contribution in [2.75, 3.05) is 13.2 Å². The van der Waals surface area contributed by atoms with Crippen LogP contribution in [0.2, 0.25) is 0 Å². The summed E-state index contributed by atoms with van der Waals surface area (Å²) in [6.07, 6.45) is 0. The molecule has 0 saturated heterocycles. The summed E-state index contributed by atoms with van der Waals surface area (Å²) in [5.74, 6) is 0. The Labute approximate surface area is 99.0 Å². The van der Waals surface area contributed by atoms with Crippen molar-refractivity contribution in [3.8, 4) is 0 Å². The number of benzene rings is 1. The molecule has 0 amide bonds. The van der Waals surface area contributed by atoms with E-state index >= 15 is 0 Å². The zero-order chi connectivity index (χ0) is 12.6. The SMILES string of the molecule is O.O=S(=O)([O-])[O-].[NH3+]c1ccc([NH2+]CCO)cc1. The van der Waals surface area contributed by atoms with E-state index in [0.29, 0.717) is 0 Å². The maximum atomic E-state index is 8.54. The van der Waals surface area contributed by atoms with E-state index in [1.54, 1.807) is 0 Å². The van der Waals surface area contributed by atoms with Crippen LogP contribution >= 0.6 is 0 Å². The van der Waals surface area contributed by atoms with E-state index in [4.69, 9.17) is 22.6 Å². The van der Waals surface area contributed by atoms with Crippen LogP contribution in [0.1, 0.15) is 0 Å². The fourth-order valence-corrected chi connectivity index (χ4v) is 0.885. The molecule has 0 aliphatic carbocycles. The highest BCUT2D eigenvalue weighted by atomic mass is 32.3. The number of aliphatic hydroxyl groups excluding tert-OH is 1. The quantitative estimate of drug-likeness (QED) is 0.293. The van der Waals surface area contributed by atoms with Crippen molar-refractivity contribution in [1.29, 1.82) is 0 Å². The summed E-state index contributed by atoms with van der Waals surface area (Å²) in [5.41, 5.74) is 5.94. The first-order valence-electron chi connectivity index (χ1n) is 4.35. The molecule has 0 aliphatic heterocycles. The fraction of sp³-hybridized carbons (Fsp3) is 0.250. The molecular formula is C8H16N2O6S. The summed E-state index contributed by atoms with van der Waals surface area (Å²) in [6.45, 7) is 0.933. The molecule has 0 aromatic heterocycles. The van der Waals surface area contributed by atoms with Gasteiger partial charge in [0.2, 0.25) is 0 Å². The first kappa shape index (κ1) is 18.3. The van der Waals surface area contributed by atoms with E-state index < -0.39 is 10.4 Å². The lowest BCUT2D eigenvalue weighted by atomic mass is 10.3. The first-order valence-corrected chi connectivity index (χ1v) is 5.69. The number of nitrogens with two attached hydrogens (primary N) is 1. The molecule has 0 spiro atoms. The highest BCUT2D eigenvalue weighted by Gasteiger charge is 1.95. The van der Waals surface area contributed by atoms with Crippen LogP contribution in [0.5, 0.6) is 0 Å². The molecule has 1 aromatic rings. The number of rotatable bonds is 3. The molecule has 100 valence electrons. The summed E-state index contributed by atoms with van der Waals surface area (Å²) in [6, 6.07) is 7.92. The molecule has 1 aromatic carbocycles. The molecule has 8 N–H and O–H groups in total. The molecule has 8 nitrogen and oxygen atoms in total. The van der Waals surface area contributed by atoms with Gasteiger partial charge in [0.05, 0.1) is 6.61 Å². The average molecular weight is 268 g/mol. The maximum absolute atomic E-state index is 8.54. The second-order valence-electron chi connectivity index (χ2n) is 2.87. The number of hydrogen-bond donors (Lipinski definition) is 3. The van der Waals surface area contributed by atoms with E-state index in [0.717, 1.165) is 17.9 Å². The molecular weight excluding hydrogens is 252 g/mol. The summed E-state index contributed by atoms with van der Waals surface area (Å²) in [4.78, 5) is 0. The normalized spacial score (nSPS) is 9.88. The standard InChI is InChI=1S/C8H12N2O.H2O4S.H2O/c9-7-1-3-8(4-2-7)10-5-6-11;1-5(2,3)4;/h1-4,10-11H,5-6,9H2;(H2,1,2,3,4);1H2. The Balaban J connectivity index is 0. The van der Waals surface area contributed by atoms with Crippen molar-refractivity contribution < 1.29 is 39.2 Å². The van der Waals surface area contributed by atoms with Crippen molar-refractivity contribution >= 4 is 21.8 Å². The predicted molar refractivity (Wildman–Crippen MR) is 56.6 cm³/mol. The van der Waals surface area contributed by atoms with Crippen LogP contribution < -0.4 is 11.1 Å². The number of quaternary nitrogens is 2. The van der Waals surface area contributed by atoms with Gasteiger partial charge in [0.1, 0.15) is 17.9 Å². The van der Waals surface area contributed by atoms with Crippen molar-refractivity contribution in [3.63, 3.8) is 0 Å². The van der Waals surface area contributed by atoms with Crippen molar-refractivity contribution in [2.24, 2.45) is 0 Å². The van der Waals surface area contributed by atoms with Gasteiger partial charge >= 0.3 is 0 Å². The lowest BCUT2D eigenvalue weighted by Crippen LogP contribution is -2.78. The summed E-state index contributed by atoms with van der Waals surface area (Å²) >= 11 is 0. The Hall–Kier alpha value is -1.07. The van der Waals surface area contributed by atoms with Gasteiger partial charge in [-0.15, -0.1) is 0 Å². The molecule has 0 heterocycles. The minimum atomic E-state index is -5.17. The highest BCUT2D eigenvalue weighted by Crippen LogP contribution is 2.02. The molecule has 0 aliphatic rings. The Morgan fingerprint density at radius 2 is 1.65 bits per heavy atom. The molecule has 0 unspecified atom stereocenters. The van der Waals surface area contributed by atoms with Crippen LogP contribution in [0.25, 0.3) is 0 Å². The zero-order valence-corrected chi connectivity index (χ0v) is 9.81. The largest absolute Gasteiger partial charge is 0.759 e. The lowest BCUT2D eigenvalue weighted by Gasteiger charge is -2.06. The van der Waals surface area contributed by atoms with Crippen LogP contribution in [-0.2, 0) is 10.4 Å². The number of hydrogen-bond acceptors (Lipinski definition) is 5. The summed E-state index contributed by atoms with van der Waals surface area (Å²) < 4.78 is 34.1. The van der Waals surface area contributed by atoms with E-state index in [1.165, 1.54) is 0 Å². The summed E-state index contributed by atoms with van der Waals surface area (Å²) in [5, 5.41) is 10.5. The third-order valence-corrected chi connectivity index (χ3v) is 1.49. The lowest BCUT2D eigenvalue weighted by molar-refractivity contribution is -0.573. The van der Waals surface area contributed by atoms with Gasteiger partial charge in [0.25, 0.3) is 0 Å². The predicted octanol–water partition coefficient (Wildman–Crippen LogP) is -3.42. The minimum absolute atomic E-state index is 0. The van der Waals surface area contributed by atoms with Crippen LogP contribution in [0.4, 0.5) is 11.4 Å². The van der Waals surface area contributed by atoms with Crippen LogP contribution in [-0.4, -0.2) is 41.3 Å². The average Bonchev–Trinajstić information content (AvgIpc) is 2.14. The molecule has 0 radical (unpaired) electrons. The molecule has 1 rings (SSSR count). The fourth-order valence-electron chi connectivity index (χ4n) is 0.885. The third kappa shape index (κ3) is 14.9. The van der Waals surface area contributed by atoms with Gasteiger partial charge in [-0.1, -0.05) is 0 Å². The smallest absolute Gasteiger partial charge is 0.130 e. The van der Waals surface area contributed by atoms with Crippen molar-refractivity contribution in [2.45, 2.75) is 0 Å². The van der Waals surface area contributed by atoms with Crippen LogP contribution in [0.15, 0.2) is 24.3 Å². The van der Waals surface area contributed by atoms with Gasteiger partial charge in [0.15, 0.2) is 0 Å². The van der Waals surface area contributed by atoms with Gasteiger partial charge < -0.3 is 30.7 Å². The van der Waals surface area contributed by atoms with Crippen LogP contribution in [0, 0.1) is 0 Å². The Morgan fingerprint density at radius 1 is 1.24 bits per heavy atom. The second kappa shape index (κ2) is 9.01. The number of aliphatic hydroxyl groups is 1. The van der Waals surface area contributed by atoms with Crippen molar-refractivity contribution in [1.82, 2.24) is 0 Å². The van der Waals surface area contributed by atoms with E-state index in [2.05, 4.69) is 5.73 Å². The van der Waals surface area contributed by atoms with Gasteiger partial charge in [-0.2, -0.15) is 0 Å². The van der Waals surface area contributed by atoms with Crippen molar-refractivity contribution in [3.05, 3.63) is 24.3 Å². The minimum Gasteiger partial charge on any atom is -0.759 e. The van der Waals surface area contributed by atoms with Gasteiger partial charge in [-0.25, -0.2) is 0 Å². The summed E-state index contributed by atoms with van der Waals surface area (Å²) in [7, 11) is -5.17. The Morgan fingerprint density at radius 3 is 2.00 bits per heavy atom. The van der Waals surface area contributed by atoms with E-state index in [-0.39, 0.29) is 12.1 Å². The maximum Gasteiger partial charge on any atom is 0.130 e.